The van der Waals surface area contributed by atoms with Crippen molar-refractivity contribution in [3.8, 4) is 11.3 Å². The Labute approximate surface area is 146 Å². The van der Waals surface area contributed by atoms with Crippen LogP contribution in [0.2, 0.25) is 0 Å². The van der Waals surface area contributed by atoms with Gasteiger partial charge in [0.1, 0.15) is 5.65 Å². The molecule has 3 heterocycles. The second kappa shape index (κ2) is 6.76. The van der Waals surface area contributed by atoms with Crippen LogP contribution in [0.15, 0.2) is 65.1 Å². The van der Waals surface area contributed by atoms with E-state index in [1.165, 1.54) is 12.8 Å². The van der Waals surface area contributed by atoms with Crippen molar-refractivity contribution >= 4 is 17.8 Å². The van der Waals surface area contributed by atoms with Crippen LogP contribution in [0.1, 0.15) is 18.4 Å². The molecule has 2 N–H and O–H groups in total. The zero-order chi connectivity index (χ0) is 17.1. The van der Waals surface area contributed by atoms with Gasteiger partial charge in [-0.05, 0) is 30.5 Å². The standard InChI is InChI=1S/C19H20N6/c20-19(24-10-3-4-11-24)23-21-13-15-6-8-16(9-7-15)17-14-25-12-2-1-5-18(25)22-17/h1-2,5-9,12-14H,3-4,10-11H2,(H2,20,23). The van der Waals surface area contributed by atoms with Gasteiger partial charge in [0.25, 0.3) is 0 Å². The number of guanidine groups is 1. The van der Waals surface area contributed by atoms with Gasteiger partial charge in [0.05, 0.1) is 11.9 Å². The van der Waals surface area contributed by atoms with Crippen molar-refractivity contribution in [3.63, 3.8) is 0 Å². The smallest absolute Gasteiger partial charge is 0.216 e. The summed E-state index contributed by atoms with van der Waals surface area (Å²) < 4.78 is 2.01. The first kappa shape index (κ1) is 15.4. The summed E-state index contributed by atoms with van der Waals surface area (Å²) in [6.45, 7) is 1.94. The summed E-state index contributed by atoms with van der Waals surface area (Å²) in [6.07, 6.45) is 8.08. The number of nitrogens with two attached hydrogens (primary N) is 1. The minimum absolute atomic E-state index is 0.495. The minimum Gasteiger partial charge on any atom is -0.368 e. The zero-order valence-electron chi connectivity index (χ0n) is 13.9. The third kappa shape index (κ3) is 3.38. The van der Waals surface area contributed by atoms with Crippen LogP contribution in [-0.2, 0) is 0 Å². The summed E-state index contributed by atoms with van der Waals surface area (Å²) in [5, 5.41) is 8.18. The maximum Gasteiger partial charge on any atom is 0.216 e. The fourth-order valence-corrected chi connectivity index (χ4v) is 2.98. The number of imidazole rings is 1. The minimum atomic E-state index is 0.495. The molecule has 1 aliphatic rings. The van der Waals surface area contributed by atoms with Crippen molar-refractivity contribution in [1.29, 1.82) is 0 Å². The molecule has 6 heteroatoms. The summed E-state index contributed by atoms with van der Waals surface area (Å²) in [5.41, 5.74) is 9.87. The average Bonchev–Trinajstić information content (AvgIpc) is 3.32. The first-order valence-corrected chi connectivity index (χ1v) is 8.45. The second-order valence-electron chi connectivity index (χ2n) is 6.11. The van der Waals surface area contributed by atoms with Crippen LogP contribution >= 0.6 is 0 Å². The summed E-state index contributed by atoms with van der Waals surface area (Å²) >= 11 is 0. The van der Waals surface area contributed by atoms with Gasteiger partial charge in [-0.3, -0.25) is 0 Å². The quantitative estimate of drug-likeness (QED) is 0.455. The highest BCUT2D eigenvalue weighted by atomic mass is 15.3. The van der Waals surface area contributed by atoms with Crippen LogP contribution in [0.4, 0.5) is 0 Å². The second-order valence-corrected chi connectivity index (χ2v) is 6.11. The third-order valence-electron chi connectivity index (χ3n) is 4.37. The highest BCUT2D eigenvalue weighted by Gasteiger charge is 2.12. The predicted molar refractivity (Wildman–Crippen MR) is 101 cm³/mol. The van der Waals surface area contributed by atoms with Crippen LogP contribution in [0, 0.1) is 0 Å². The van der Waals surface area contributed by atoms with Crippen LogP contribution in [0.5, 0.6) is 0 Å². The van der Waals surface area contributed by atoms with Gasteiger partial charge in [-0.25, -0.2) is 4.98 Å². The average molecular weight is 332 g/mol. The van der Waals surface area contributed by atoms with Crippen LogP contribution in [0.3, 0.4) is 0 Å². The van der Waals surface area contributed by atoms with Gasteiger partial charge in [-0.1, -0.05) is 30.3 Å². The van der Waals surface area contributed by atoms with Crippen molar-refractivity contribution in [2.75, 3.05) is 13.1 Å². The highest BCUT2D eigenvalue weighted by Crippen LogP contribution is 2.19. The van der Waals surface area contributed by atoms with Gasteiger partial charge in [-0.15, -0.1) is 5.10 Å². The van der Waals surface area contributed by atoms with Crippen molar-refractivity contribution < 1.29 is 0 Å². The van der Waals surface area contributed by atoms with E-state index in [2.05, 4.69) is 20.1 Å². The normalized spacial score (nSPS) is 15.5. The molecule has 0 atom stereocenters. The van der Waals surface area contributed by atoms with E-state index in [0.29, 0.717) is 5.96 Å². The number of nitrogens with zero attached hydrogens (tertiary/aromatic N) is 5. The molecule has 0 spiro atoms. The van der Waals surface area contributed by atoms with E-state index < -0.39 is 0 Å². The molecule has 4 rings (SSSR count). The van der Waals surface area contributed by atoms with Crippen molar-refractivity contribution in [2.24, 2.45) is 15.9 Å². The Morgan fingerprint density at radius 1 is 1.08 bits per heavy atom. The molecule has 0 saturated carbocycles. The first-order chi connectivity index (χ1) is 12.3. The number of rotatable bonds is 3. The predicted octanol–water partition coefficient (Wildman–Crippen LogP) is 2.75. The molecule has 2 aromatic heterocycles. The van der Waals surface area contributed by atoms with Gasteiger partial charge in [0, 0.05) is 31.0 Å². The number of benzene rings is 1. The zero-order valence-corrected chi connectivity index (χ0v) is 13.9. The molecule has 1 fully saturated rings. The Bertz CT molecular complexity index is 883. The molecule has 6 nitrogen and oxygen atoms in total. The molecular formula is C19H20N6. The summed E-state index contributed by atoms with van der Waals surface area (Å²) in [4.78, 5) is 6.69. The molecule has 0 radical (unpaired) electrons. The van der Waals surface area contributed by atoms with E-state index in [9.17, 15) is 0 Å². The van der Waals surface area contributed by atoms with Crippen molar-refractivity contribution in [2.45, 2.75) is 12.8 Å². The molecule has 0 bridgehead atoms. The number of aromatic nitrogens is 2. The summed E-state index contributed by atoms with van der Waals surface area (Å²) in [7, 11) is 0. The maximum absolute atomic E-state index is 5.93. The molecule has 0 aliphatic carbocycles. The first-order valence-electron chi connectivity index (χ1n) is 8.45. The Morgan fingerprint density at radius 3 is 2.64 bits per heavy atom. The maximum atomic E-state index is 5.93. The Morgan fingerprint density at radius 2 is 1.88 bits per heavy atom. The number of fused-ring (bicyclic) bond motifs is 1. The largest absolute Gasteiger partial charge is 0.368 e. The fraction of sp³-hybridized carbons (Fsp3) is 0.211. The monoisotopic (exact) mass is 332 g/mol. The van der Waals surface area contributed by atoms with Crippen LogP contribution in [0.25, 0.3) is 16.9 Å². The molecule has 1 saturated heterocycles. The lowest BCUT2D eigenvalue weighted by Crippen LogP contribution is -2.34. The molecule has 0 unspecified atom stereocenters. The lowest BCUT2D eigenvalue weighted by Gasteiger charge is -2.13. The molecule has 3 aromatic rings. The lowest BCUT2D eigenvalue weighted by molar-refractivity contribution is 0.511. The van der Waals surface area contributed by atoms with Gasteiger partial charge >= 0.3 is 0 Å². The molecule has 126 valence electrons. The Kier molecular flexibility index (Phi) is 4.16. The number of hydrogen-bond donors (Lipinski definition) is 1. The van der Waals surface area contributed by atoms with Gasteiger partial charge in [0.2, 0.25) is 5.96 Å². The highest BCUT2D eigenvalue weighted by molar-refractivity contribution is 5.83. The van der Waals surface area contributed by atoms with E-state index in [-0.39, 0.29) is 0 Å². The molecule has 1 aliphatic heterocycles. The number of hydrogen-bond acceptors (Lipinski definition) is 3. The lowest BCUT2D eigenvalue weighted by atomic mass is 10.1. The van der Waals surface area contributed by atoms with Crippen molar-refractivity contribution in [1.82, 2.24) is 14.3 Å². The number of likely N-dealkylation sites (tertiary alicyclic amines) is 1. The molecule has 25 heavy (non-hydrogen) atoms. The topological polar surface area (TPSA) is 71.3 Å². The fourth-order valence-electron chi connectivity index (χ4n) is 2.98. The third-order valence-corrected chi connectivity index (χ3v) is 4.37. The van der Waals surface area contributed by atoms with Gasteiger partial charge in [0.15, 0.2) is 0 Å². The van der Waals surface area contributed by atoms with Crippen LogP contribution < -0.4 is 5.73 Å². The Hall–Kier alpha value is -3.15. The van der Waals surface area contributed by atoms with E-state index in [0.717, 1.165) is 35.6 Å². The Balaban J connectivity index is 1.48. The van der Waals surface area contributed by atoms with Crippen molar-refractivity contribution in [3.05, 3.63) is 60.4 Å². The number of pyridine rings is 1. The van der Waals surface area contributed by atoms with Crippen LogP contribution in [-0.4, -0.2) is 39.5 Å². The van der Waals surface area contributed by atoms with Gasteiger partial charge < -0.3 is 15.0 Å². The van der Waals surface area contributed by atoms with E-state index in [1.807, 2.05) is 59.3 Å². The molecule has 0 amide bonds. The summed E-state index contributed by atoms with van der Waals surface area (Å²) in [6, 6.07) is 14.1. The van der Waals surface area contributed by atoms with Gasteiger partial charge in [-0.2, -0.15) is 5.10 Å². The summed E-state index contributed by atoms with van der Waals surface area (Å²) in [5.74, 6) is 0.495. The van der Waals surface area contributed by atoms with E-state index >= 15 is 0 Å². The molecular weight excluding hydrogens is 312 g/mol. The van der Waals surface area contributed by atoms with E-state index in [4.69, 9.17) is 5.73 Å². The van der Waals surface area contributed by atoms with E-state index in [1.54, 1.807) is 6.21 Å². The molecule has 1 aromatic carbocycles. The SMILES string of the molecule is NC(=NN=Cc1ccc(-c2cn3ccccc3n2)cc1)N1CCCC1.